The van der Waals surface area contributed by atoms with Crippen molar-refractivity contribution in [3.8, 4) is 11.5 Å². The van der Waals surface area contributed by atoms with Gasteiger partial charge < -0.3 is 14.6 Å². The maximum atomic E-state index is 12.7. The van der Waals surface area contributed by atoms with Crippen LogP contribution in [0.15, 0.2) is 40.9 Å². The molecule has 0 radical (unpaired) electrons. The number of phenols is 1. The zero-order chi connectivity index (χ0) is 17.6. The average molecular weight is 340 g/mol. The lowest BCUT2D eigenvalue weighted by molar-refractivity contribution is -0.117. The molecule has 0 spiro atoms. The lowest BCUT2D eigenvalue weighted by atomic mass is 9.73. The quantitative estimate of drug-likeness (QED) is 0.891. The number of Topliss-reactive ketones (excluding diaryl/α,β-unsaturated/α-hetero) is 2. The van der Waals surface area contributed by atoms with Crippen LogP contribution in [-0.2, 0) is 14.3 Å². The topological polar surface area (TPSA) is 72.8 Å². The van der Waals surface area contributed by atoms with Gasteiger partial charge in [-0.25, -0.2) is 0 Å². The number of allylic oxidation sites excluding steroid dienone is 4. The summed E-state index contributed by atoms with van der Waals surface area (Å²) in [5.74, 6) is 1.45. The van der Waals surface area contributed by atoms with Crippen molar-refractivity contribution in [2.75, 3.05) is 7.11 Å². The van der Waals surface area contributed by atoms with Crippen LogP contribution in [0.2, 0.25) is 0 Å². The molecule has 4 rings (SSSR count). The fourth-order valence-corrected chi connectivity index (χ4v) is 4.02. The number of ether oxygens (including phenoxy) is 2. The molecule has 1 aromatic rings. The summed E-state index contributed by atoms with van der Waals surface area (Å²) in [6, 6.07) is 5.02. The summed E-state index contributed by atoms with van der Waals surface area (Å²) in [6.07, 6.45) is 3.95. The molecule has 0 saturated heterocycles. The normalized spacial score (nSPS) is 21.0. The van der Waals surface area contributed by atoms with Gasteiger partial charge >= 0.3 is 0 Å². The predicted molar refractivity (Wildman–Crippen MR) is 90.3 cm³/mol. The highest BCUT2D eigenvalue weighted by Gasteiger charge is 2.41. The van der Waals surface area contributed by atoms with Crippen molar-refractivity contribution >= 4 is 11.6 Å². The van der Waals surface area contributed by atoms with Gasteiger partial charge in [-0.1, -0.05) is 6.07 Å². The van der Waals surface area contributed by atoms with Crippen molar-refractivity contribution in [1.29, 1.82) is 0 Å². The van der Waals surface area contributed by atoms with E-state index < -0.39 is 5.92 Å². The number of benzene rings is 1. The van der Waals surface area contributed by atoms with Crippen LogP contribution in [0.5, 0.6) is 11.5 Å². The van der Waals surface area contributed by atoms with Gasteiger partial charge in [-0.3, -0.25) is 9.59 Å². The zero-order valence-corrected chi connectivity index (χ0v) is 14.1. The second-order valence-corrected chi connectivity index (χ2v) is 6.69. The van der Waals surface area contributed by atoms with E-state index in [0.717, 1.165) is 31.2 Å². The molecule has 0 fully saturated rings. The number of carbonyl (C=O) groups excluding carboxylic acids is 2. The van der Waals surface area contributed by atoms with Crippen LogP contribution >= 0.6 is 0 Å². The Morgan fingerprint density at radius 3 is 2.16 bits per heavy atom. The zero-order valence-electron chi connectivity index (χ0n) is 14.1. The molecular weight excluding hydrogens is 320 g/mol. The number of hydrogen-bond acceptors (Lipinski definition) is 5. The van der Waals surface area contributed by atoms with Gasteiger partial charge in [0.25, 0.3) is 0 Å². The Labute approximate surface area is 145 Å². The fraction of sp³-hybridized carbons (Fsp3) is 0.400. The SMILES string of the molecule is COc1cc(C2C3=C(CCCC3=O)OC3=C2C(=O)CCC3)ccc1O. The van der Waals surface area contributed by atoms with Crippen LogP contribution in [0.1, 0.15) is 50.0 Å². The molecule has 0 bridgehead atoms. The van der Waals surface area contributed by atoms with Gasteiger partial charge in [-0.15, -0.1) is 0 Å². The number of ketones is 2. The van der Waals surface area contributed by atoms with Crippen LogP contribution in [0.3, 0.4) is 0 Å². The van der Waals surface area contributed by atoms with E-state index in [2.05, 4.69) is 0 Å². The minimum atomic E-state index is -0.422. The maximum absolute atomic E-state index is 12.7. The van der Waals surface area contributed by atoms with E-state index in [4.69, 9.17) is 9.47 Å². The van der Waals surface area contributed by atoms with Crippen LogP contribution in [0, 0.1) is 0 Å². The molecule has 25 heavy (non-hydrogen) atoms. The first-order valence-corrected chi connectivity index (χ1v) is 8.67. The first kappa shape index (κ1) is 15.9. The number of hydrogen-bond donors (Lipinski definition) is 1. The predicted octanol–water partition coefficient (Wildman–Crippen LogP) is 3.53. The van der Waals surface area contributed by atoms with E-state index >= 15 is 0 Å². The van der Waals surface area contributed by atoms with E-state index in [0.29, 0.717) is 41.3 Å². The number of methoxy groups -OCH3 is 1. The lowest BCUT2D eigenvalue weighted by Crippen LogP contribution is -2.30. The second-order valence-electron chi connectivity index (χ2n) is 6.69. The Morgan fingerprint density at radius 1 is 1.00 bits per heavy atom. The summed E-state index contributed by atoms with van der Waals surface area (Å²) in [4.78, 5) is 25.3. The number of rotatable bonds is 2. The summed E-state index contributed by atoms with van der Waals surface area (Å²) < 4.78 is 11.2. The van der Waals surface area contributed by atoms with Crippen molar-refractivity contribution in [2.45, 2.75) is 44.4 Å². The van der Waals surface area contributed by atoms with Gasteiger partial charge in [0.2, 0.25) is 0 Å². The third kappa shape index (κ3) is 2.54. The Morgan fingerprint density at radius 2 is 1.60 bits per heavy atom. The molecule has 1 aliphatic heterocycles. The Balaban J connectivity index is 1.91. The molecule has 0 unspecified atom stereocenters. The molecule has 5 heteroatoms. The third-order valence-corrected chi connectivity index (χ3v) is 5.18. The highest BCUT2D eigenvalue weighted by atomic mass is 16.5. The number of phenolic OH excluding ortho intramolecular Hbond substituents is 1. The lowest BCUT2D eigenvalue weighted by Gasteiger charge is -2.36. The van der Waals surface area contributed by atoms with Gasteiger partial charge in [0.1, 0.15) is 11.5 Å². The van der Waals surface area contributed by atoms with Crippen molar-refractivity contribution in [3.05, 3.63) is 46.4 Å². The molecule has 3 aliphatic rings. The summed E-state index contributed by atoms with van der Waals surface area (Å²) in [5.41, 5.74) is 1.99. The average Bonchev–Trinajstić information content (AvgIpc) is 2.61. The van der Waals surface area contributed by atoms with Gasteiger partial charge in [0, 0.05) is 42.7 Å². The van der Waals surface area contributed by atoms with E-state index in [-0.39, 0.29) is 17.3 Å². The van der Waals surface area contributed by atoms with Crippen LogP contribution in [0.25, 0.3) is 0 Å². The molecule has 0 saturated carbocycles. The fourth-order valence-electron chi connectivity index (χ4n) is 4.02. The highest BCUT2D eigenvalue weighted by Crippen LogP contribution is 2.48. The van der Waals surface area contributed by atoms with Gasteiger partial charge in [-0.2, -0.15) is 0 Å². The minimum Gasteiger partial charge on any atom is -0.504 e. The first-order valence-electron chi connectivity index (χ1n) is 8.67. The molecule has 1 N–H and O–H groups in total. The molecule has 0 aromatic heterocycles. The highest BCUT2D eigenvalue weighted by molar-refractivity contribution is 6.05. The first-order chi connectivity index (χ1) is 12.1. The van der Waals surface area contributed by atoms with E-state index in [1.807, 2.05) is 0 Å². The number of carbonyl (C=O) groups is 2. The Bertz CT molecular complexity index is 788. The summed E-state index contributed by atoms with van der Waals surface area (Å²) in [7, 11) is 1.48. The summed E-state index contributed by atoms with van der Waals surface area (Å²) in [6.45, 7) is 0. The van der Waals surface area contributed by atoms with Crippen molar-refractivity contribution in [1.82, 2.24) is 0 Å². The van der Waals surface area contributed by atoms with Crippen molar-refractivity contribution < 1.29 is 24.2 Å². The smallest absolute Gasteiger partial charge is 0.163 e. The molecule has 1 aromatic carbocycles. The van der Waals surface area contributed by atoms with E-state index in [1.165, 1.54) is 7.11 Å². The van der Waals surface area contributed by atoms with E-state index in [1.54, 1.807) is 18.2 Å². The molecule has 1 heterocycles. The molecule has 0 atom stereocenters. The van der Waals surface area contributed by atoms with E-state index in [9.17, 15) is 14.7 Å². The van der Waals surface area contributed by atoms with Crippen LogP contribution < -0.4 is 4.74 Å². The molecule has 0 amide bonds. The van der Waals surface area contributed by atoms with Crippen molar-refractivity contribution in [2.24, 2.45) is 0 Å². The minimum absolute atomic E-state index is 0.0339. The van der Waals surface area contributed by atoms with Crippen LogP contribution in [0.4, 0.5) is 0 Å². The molecule has 5 nitrogen and oxygen atoms in total. The summed E-state index contributed by atoms with van der Waals surface area (Å²) >= 11 is 0. The second kappa shape index (κ2) is 6.06. The molecule has 2 aliphatic carbocycles. The largest absolute Gasteiger partial charge is 0.504 e. The molecular formula is C20H20O5. The van der Waals surface area contributed by atoms with Gasteiger partial charge in [0.15, 0.2) is 23.1 Å². The van der Waals surface area contributed by atoms with Crippen molar-refractivity contribution in [3.63, 3.8) is 0 Å². The third-order valence-electron chi connectivity index (χ3n) is 5.18. The van der Waals surface area contributed by atoms with Gasteiger partial charge in [-0.05, 0) is 30.5 Å². The Hall–Kier alpha value is -2.56. The summed E-state index contributed by atoms with van der Waals surface area (Å²) in [5, 5.41) is 9.89. The molecule has 130 valence electrons. The monoisotopic (exact) mass is 340 g/mol. The Kier molecular flexibility index (Phi) is 3.86. The maximum Gasteiger partial charge on any atom is 0.163 e. The number of aromatic hydroxyl groups is 1. The van der Waals surface area contributed by atoms with Crippen LogP contribution in [-0.4, -0.2) is 23.8 Å². The standard InChI is InChI=1S/C20H20O5/c1-24-17-10-11(8-9-12(17)21)18-19-13(22)4-2-6-15(19)25-16-7-3-5-14(23)20(16)18/h8-10,18,21H,2-7H2,1H3. The van der Waals surface area contributed by atoms with Gasteiger partial charge in [0.05, 0.1) is 7.11 Å².